The first-order valence-corrected chi connectivity index (χ1v) is 6.48. The highest BCUT2D eigenvalue weighted by Gasteiger charge is 2.03. The van der Waals surface area contributed by atoms with Gasteiger partial charge in [0.2, 0.25) is 5.88 Å². The van der Waals surface area contributed by atoms with E-state index in [-0.39, 0.29) is 0 Å². The Morgan fingerprint density at radius 1 is 1.05 bits per heavy atom. The number of hydrogen-bond donors (Lipinski definition) is 0. The summed E-state index contributed by atoms with van der Waals surface area (Å²) in [5, 5.41) is 0. The fourth-order valence-electron chi connectivity index (χ4n) is 1.58. The Morgan fingerprint density at radius 3 is 2.32 bits per heavy atom. The molecule has 0 aliphatic rings. The lowest BCUT2D eigenvalue weighted by Crippen LogP contribution is -1.98. The van der Waals surface area contributed by atoms with Gasteiger partial charge in [-0.2, -0.15) is 0 Å². The zero-order chi connectivity index (χ0) is 13.7. The molecule has 0 saturated heterocycles. The molecule has 0 N–H and O–H groups in total. The van der Waals surface area contributed by atoms with Crippen LogP contribution >= 0.6 is 15.9 Å². The summed E-state index contributed by atoms with van der Waals surface area (Å²) in [4.78, 5) is 4.21. The van der Waals surface area contributed by atoms with Gasteiger partial charge in [-0.05, 0) is 39.7 Å². The van der Waals surface area contributed by atoms with Crippen LogP contribution in [0.4, 0.5) is 0 Å². The standard InChI is InChI=1S/C14H14BrNO3/c1-17-11-6-10(7-12(8-11)18-2)9-19-14-5-3-4-13(15)16-14/h3-8H,9H2,1-2H3. The highest BCUT2D eigenvalue weighted by Crippen LogP contribution is 2.23. The molecule has 19 heavy (non-hydrogen) atoms. The van der Waals surface area contributed by atoms with E-state index in [1.54, 1.807) is 14.2 Å². The maximum Gasteiger partial charge on any atom is 0.214 e. The van der Waals surface area contributed by atoms with Gasteiger partial charge in [-0.15, -0.1) is 0 Å². The summed E-state index contributed by atoms with van der Waals surface area (Å²) in [6.45, 7) is 0.400. The molecule has 4 nitrogen and oxygen atoms in total. The van der Waals surface area contributed by atoms with E-state index in [0.29, 0.717) is 12.5 Å². The second-order valence-electron chi connectivity index (χ2n) is 3.81. The van der Waals surface area contributed by atoms with Gasteiger partial charge in [-0.1, -0.05) is 6.07 Å². The first-order valence-electron chi connectivity index (χ1n) is 5.68. The number of aromatic nitrogens is 1. The predicted molar refractivity (Wildman–Crippen MR) is 75.8 cm³/mol. The number of nitrogens with zero attached hydrogens (tertiary/aromatic N) is 1. The van der Waals surface area contributed by atoms with Crippen molar-refractivity contribution < 1.29 is 14.2 Å². The van der Waals surface area contributed by atoms with E-state index in [2.05, 4.69) is 20.9 Å². The lowest BCUT2D eigenvalue weighted by molar-refractivity contribution is 0.291. The molecule has 0 aliphatic heterocycles. The number of pyridine rings is 1. The molecule has 0 fully saturated rings. The average Bonchev–Trinajstić information content (AvgIpc) is 2.44. The Bertz CT molecular complexity index is 538. The zero-order valence-corrected chi connectivity index (χ0v) is 12.3. The molecule has 0 aliphatic carbocycles. The lowest BCUT2D eigenvalue weighted by Gasteiger charge is -2.09. The third-order valence-electron chi connectivity index (χ3n) is 2.49. The van der Waals surface area contributed by atoms with Crippen LogP contribution in [0, 0.1) is 0 Å². The van der Waals surface area contributed by atoms with Crippen LogP contribution in [0.5, 0.6) is 17.4 Å². The minimum atomic E-state index is 0.400. The molecule has 1 aromatic carbocycles. The Kier molecular flexibility index (Phi) is 4.63. The second kappa shape index (κ2) is 6.43. The van der Waals surface area contributed by atoms with Crippen molar-refractivity contribution in [2.75, 3.05) is 14.2 Å². The minimum Gasteiger partial charge on any atom is -0.497 e. The molecule has 0 amide bonds. The highest BCUT2D eigenvalue weighted by atomic mass is 79.9. The molecule has 0 radical (unpaired) electrons. The highest BCUT2D eigenvalue weighted by molar-refractivity contribution is 9.10. The maximum atomic E-state index is 5.62. The molecular formula is C14H14BrNO3. The van der Waals surface area contributed by atoms with Crippen LogP contribution in [0.1, 0.15) is 5.56 Å². The van der Waals surface area contributed by atoms with Crippen LogP contribution < -0.4 is 14.2 Å². The van der Waals surface area contributed by atoms with Crippen LogP contribution in [-0.4, -0.2) is 19.2 Å². The van der Waals surface area contributed by atoms with Crippen molar-refractivity contribution in [3.63, 3.8) is 0 Å². The summed E-state index contributed by atoms with van der Waals surface area (Å²) in [6, 6.07) is 11.2. The van der Waals surface area contributed by atoms with Crippen molar-refractivity contribution in [2.24, 2.45) is 0 Å². The summed E-state index contributed by atoms with van der Waals surface area (Å²) >= 11 is 3.30. The van der Waals surface area contributed by atoms with Crippen molar-refractivity contribution in [1.82, 2.24) is 4.98 Å². The molecule has 100 valence electrons. The summed E-state index contributed by atoms with van der Waals surface area (Å²) < 4.78 is 16.8. The Labute approximate surface area is 120 Å². The molecule has 0 spiro atoms. The molecule has 1 aromatic heterocycles. The zero-order valence-electron chi connectivity index (χ0n) is 10.7. The molecule has 0 bridgehead atoms. The van der Waals surface area contributed by atoms with Crippen molar-refractivity contribution in [2.45, 2.75) is 6.61 Å². The summed E-state index contributed by atoms with van der Waals surface area (Å²) in [7, 11) is 3.24. The summed E-state index contributed by atoms with van der Waals surface area (Å²) in [5.74, 6) is 2.04. The van der Waals surface area contributed by atoms with Gasteiger partial charge in [0.05, 0.1) is 14.2 Å². The normalized spacial score (nSPS) is 10.1. The number of benzene rings is 1. The van der Waals surface area contributed by atoms with E-state index in [0.717, 1.165) is 21.7 Å². The Morgan fingerprint density at radius 2 is 1.74 bits per heavy atom. The molecule has 5 heteroatoms. The number of rotatable bonds is 5. The maximum absolute atomic E-state index is 5.62. The number of ether oxygens (including phenoxy) is 3. The van der Waals surface area contributed by atoms with Crippen molar-refractivity contribution in [3.8, 4) is 17.4 Å². The van der Waals surface area contributed by atoms with Crippen molar-refractivity contribution >= 4 is 15.9 Å². The largest absolute Gasteiger partial charge is 0.497 e. The quantitative estimate of drug-likeness (QED) is 0.790. The molecule has 0 saturated carbocycles. The molecule has 2 rings (SSSR count). The van der Waals surface area contributed by atoms with Gasteiger partial charge in [-0.25, -0.2) is 4.98 Å². The van der Waals surface area contributed by atoms with E-state index in [9.17, 15) is 0 Å². The van der Waals surface area contributed by atoms with Crippen LogP contribution in [0.15, 0.2) is 41.0 Å². The predicted octanol–water partition coefficient (Wildman–Crippen LogP) is 3.44. The SMILES string of the molecule is COc1cc(COc2cccc(Br)n2)cc(OC)c1. The monoisotopic (exact) mass is 323 g/mol. The fourth-order valence-corrected chi connectivity index (χ4v) is 1.90. The Hall–Kier alpha value is -1.75. The number of hydrogen-bond acceptors (Lipinski definition) is 4. The van der Waals surface area contributed by atoms with Gasteiger partial charge in [0.1, 0.15) is 22.7 Å². The number of halogens is 1. The van der Waals surface area contributed by atoms with Gasteiger partial charge in [0.15, 0.2) is 0 Å². The van der Waals surface area contributed by atoms with Gasteiger partial charge in [0, 0.05) is 12.1 Å². The van der Waals surface area contributed by atoms with Crippen LogP contribution in [0.2, 0.25) is 0 Å². The molecular weight excluding hydrogens is 310 g/mol. The fraction of sp³-hybridized carbons (Fsp3) is 0.214. The van der Waals surface area contributed by atoms with Crippen LogP contribution in [0.25, 0.3) is 0 Å². The molecule has 0 atom stereocenters. The van der Waals surface area contributed by atoms with E-state index in [4.69, 9.17) is 14.2 Å². The molecule has 1 heterocycles. The van der Waals surface area contributed by atoms with Gasteiger partial charge < -0.3 is 14.2 Å². The van der Waals surface area contributed by atoms with Gasteiger partial charge in [-0.3, -0.25) is 0 Å². The smallest absolute Gasteiger partial charge is 0.214 e. The molecule has 0 unspecified atom stereocenters. The molecule has 2 aromatic rings. The third-order valence-corrected chi connectivity index (χ3v) is 2.93. The number of methoxy groups -OCH3 is 2. The lowest BCUT2D eigenvalue weighted by atomic mass is 10.2. The van der Waals surface area contributed by atoms with E-state index < -0.39 is 0 Å². The first kappa shape index (κ1) is 13.7. The summed E-state index contributed by atoms with van der Waals surface area (Å²) in [6.07, 6.45) is 0. The van der Waals surface area contributed by atoms with Gasteiger partial charge in [0.25, 0.3) is 0 Å². The minimum absolute atomic E-state index is 0.400. The van der Waals surface area contributed by atoms with Crippen LogP contribution in [0.3, 0.4) is 0 Å². The van der Waals surface area contributed by atoms with E-state index >= 15 is 0 Å². The van der Waals surface area contributed by atoms with Crippen molar-refractivity contribution in [1.29, 1.82) is 0 Å². The van der Waals surface area contributed by atoms with E-state index in [1.807, 2.05) is 36.4 Å². The Balaban J connectivity index is 2.10. The van der Waals surface area contributed by atoms with Crippen LogP contribution in [-0.2, 0) is 6.61 Å². The second-order valence-corrected chi connectivity index (χ2v) is 4.62. The van der Waals surface area contributed by atoms with Crippen molar-refractivity contribution in [3.05, 3.63) is 46.6 Å². The van der Waals surface area contributed by atoms with Gasteiger partial charge >= 0.3 is 0 Å². The first-order chi connectivity index (χ1) is 9.21. The average molecular weight is 324 g/mol. The third kappa shape index (κ3) is 3.86. The van der Waals surface area contributed by atoms with E-state index in [1.165, 1.54) is 0 Å². The summed E-state index contributed by atoms with van der Waals surface area (Å²) in [5.41, 5.74) is 0.956. The topological polar surface area (TPSA) is 40.6 Å².